The molecule has 1 saturated heterocycles. The van der Waals surface area contributed by atoms with Gasteiger partial charge in [0.2, 0.25) is 0 Å². The molecule has 6 aromatic rings. The molecule has 2 aromatic carbocycles. The molecule has 1 unspecified atom stereocenters. The molecular weight excluding hydrogens is 602 g/mol. The first-order valence-electron chi connectivity index (χ1n) is 15.6. The summed E-state index contributed by atoms with van der Waals surface area (Å²) >= 11 is 0. The summed E-state index contributed by atoms with van der Waals surface area (Å²) in [5.74, 6) is 0.827. The Balaban J connectivity index is 1.15. The monoisotopic (exact) mass is 636 g/mol. The standard InChI is InChI=1S/C34H34F2N10O/c1-21-41-29-7-4-6-25(32(29)44(21)13-5-12-43(2)3)28-10-11-37-31(42-28)15-22-14-24(19-47)45(18-22)33-26-17-40-46(34(26)39-20-38-33)30-9-8-23(35)16-27(30)36/h4,6-11,16-17,19-20,22,24H,5,12-15,18H2,1-3H3/t22?,24-/m0/s1. The van der Waals surface area contributed by atoms with Crippen LogP contribution in [0.4, 0.5) is 14.6 Å². The van der Waals surface area contributed by atoms with E-state index in [0.29, 0.717) is 42.1 Å². The molecule has 5 heterocycles. The normalized spacial score (nSPS) is 16.6. The predicted octanol–water partition coefficient (Wildman–Crippen LogP) is 4.80. The average Bonchev–Trinajstić information content (AvgIpc) is 3.76. The second-order valence-electron chi connectivity index (χ2n) is 12.2. The van der Waals surface area contributed by atoms with E-state index in [-0.39, 0.29) is 11.6 Å². The number of fused-ring (bicyclic) bond motifs is 2. The van der Waals surface area contributed by atoms with Gasteiger partial charge in [-0.15, -0.1) is 0 Å². The third-order valence-electron chi connectivity index (χ3n) is 8.74. The minimum atomic E-state index is -0.760. The van der Waals surface area contributed by atoms with Crippen LogP contribution in [0.15, 0.2) is 61.2 Å². The van der Waals surface area contributed by atoms with E-state index in [0.717, 1.165) is 60.0 Å². The number of aromatic nitrogens is 8. The molecule has 0 bridgehead atoms. The minimum Gasteiger partial charge on any atom is -0.346 e. The maximum absolute atomic E-state index is 14.6. The lowest BCUT2D eigenvalue weighted by Crippen LogP contribution is -2.31. The highest BCUT2D eigenvalue weighted by atomic mass is 19.1. The van der Waals surface area contributed by atoms with Crippen molar-refractivity contribution in [2.24, 2.45) is 5.92 Å². The van der Waals surface area contributed by atoms with E-state index in [9.17, 15) is 13.6 Å². The van der Waals surface area contributed by atoms with E-state index in [1.54, 1.807) is 12.4 Å². The zero-order chi connectivity index (χ0) is 32.7. The molecule has 4 aromatic heterocycles. The Morgan fingerprint density at radius 2 is 1.94 bits per heavy atom. The number of anilines is 1. The Labute approximate surface area is 269 Å². The molecule has 0 radical (unpaired) electrons. The highest BCUT2D eigenvalue weighted by Crippen LogP contribution is 2.34. The highest BCUT2D eigenvalue weighted by molar-refractivity contribution is 5.92. The number of carbonyl (C=O) groups is 1. The fraction of sp³-hybridized carbons (Fsp3) is 0.324. The SMILES string of the molecule is Cc1nc2cccc(-c3ccnc(CC4C[C@@H](C=O)N(c5ncnc6c5cnn6-c5ccc(F)cc5F)C4)n3)c2n1CCCN(C)C. The first-order valence-corrected chi connectivity index (χ1v) is 15.6. The van der Waals surface area contributed by atoms with Gasteiger partial charge in [-0.2, -0.15) is 5.10 Å². The molecule has 0 amide bonds. The van der Waals surface area contributed by atoms with Gasteiger partial charge in [-0.05, 0) is 70.6 Å². The molecule has 0 N–H and O–H groups in total. The fourth-order valence-corrected chi connectivity index (χ4v) is 6.60. The van der Waals surface area contributed by atoms with Gasteiger partial charge in [-0.25, -0.2) is 38.4 Å². The summed E-state index contributed by atoms with van der Waals surface area (Å²) < 4.78 is 31.7. The topological polar surface area (TPSA) is 111 Å². The van der Waals surface area contributed by atoms with Crippen molar-refractivity contribution in [1.82, 2.24) is 44.2 Å². The van der Waals surface area contributed by atoms with Gasteiger partial charge < -0.3 is 19.2 Å². The van der Waals surface area contributed by atoms with Crippen LogP contribution < -0.4 is 4.90 Å². The summed E-state index contributed by atoms with van der Waals surface area (Å²) in [5.41, 5.74) is 4.26. The maximum atomic E-state index is 14.6. The van der Waals surface area contributed by atoms with Crippen LogP contribution in [0.2, 0.25) is 0 Å². The highest BCUT2D eigenvalue weighted by Gasteiger charge is 2.35. The number of hydrogen-bond donors (Lipinski definition) is 0. The van der Waals surface area contributed by atoms with Crippen LogP contribution in [0.5, 0.6) is 0 Å². The zero-order valence-corrected chi connectivity index (χ0v) is 26.4. The van der Waals surface area contributed by atoms with Gasteiger partial charge >= 0.3 is 0 Å². The number of para-hydroxylation sites is 1. The van der Waals surface area contributed by atoms with Crippen molar-refractivity contribution in [2.75, 3.05) is 32.1 Å². The number of aldehydes is 1. The fourth-order valence-electron chi connectivity index (χ4n) is 6.60. The van der Waals surface area contributed by atoms with Crippen molar-refractivity contribution in [2.45, 2.75) is 38.8 Å². The van der Waals surface area contributed by atoms with E-state index in [2.05, 4.69) is 49.7 Å². The molecule has 0 aliphatic carbocycles. The smallest absolute Gasteiger partial charge is 0.168 e. The number of hydrogen-bond acceptors (Lipinski definition) is 9. The summed E-state index contributed by atoms with van der Waals surface area (Å²) in [6.45, 7) is 4.41. The number of halogens is 2. The van der Waals surface area contributed by atoms with Crippen LogP contribution in [-0.2, 0) is 17.8 Å². The van der Waals surface area contributed by atoms with Crippen LogP contribution in [-0.4, -0.2) is 83.7 Å². The molecule has 11 nitrogen and oxygen atoms in total. The minimum absolute atomic E-state index is 0.0665. The lowest BCUT2D eigenvalue weighted by molar-refractivity contribution is -0.108. The van der Waals surface area contributed by atoms with Gasteiger partial charge in [0.05, 0.1) is 34.4 Å². The van der Waals surface area contributed by atoms with Crippen molar-refractivity contribution in [1.29, 1.82) is 0 Å². The van der Waals surface area contributed by atoms with Crippen LogP contribution in [0.3, 0.4) is 0 Å². The van der Waals surface area contributed by atoms with Gasteiger partial charge in [0, 0.05) is 37.3 Å². The molecule has 1 aliphatic heterocycles. The number of rotatable bonds is 10. The van der Waals surface area contributed by atoms with Gasteiger partial charge in [-0.3, -0.25) is 0 Å². The largest absolute Gasteiger partial charge is 0.346 e. The lowest BCUT2D eigenvalue weighted by atomic mass is 10.0. The van der Waals surface area contributed by atoms with E-state index < -0.39 is 17.7 Å². The van der Waals surface area contributed by atoms with E-state index >= 15 is 0 Å². The number of imidazole rings is 1. The molecule has 1 fully saturated rings. The summed E-state index contributed by atoms with van der Waals surface area (Å²) in [6, 6.07) is 10.9. The van der Waals surface area contributed by atoms with E-state index in [1.807, 2.05) is 30.0 Å². The quantitative estimate of drug-likeness (QED) is 0.196. The summed E-state index contributed by atoms with van der Waals surface area (Å²) in [6.07, 6.45) is 7.79. The van der Waals surface area contributed by atoms with Gasteiger partial charge in [-0.1, -0.05) is 12.1 Å². The summed E-state index contributed by atoms with van der Waals surface area (Å²) in [7, 11) is 4.15. The van der Waals surface area contributed by atoms with Crippen molar-refractivity contribution in [3.05, 3.63) is 84.5 Å². The third-order valence-corrected chi connectivity index (χ3v) is 8.74. The van der Waals surface area contributed by atoms with Crippen molar-refractivity contribution in [3.63, 3.8) is 0 Å². The molecule has 13 heteroatoms. The van der Waals surface area contributed by atoms with E-state index in [1.165, 1.54) is 23.1 Å². The second kappa shape index (κ2) is 12.6. The van der Waals surface area contributed by atoms with Crippen LogP contribution in [0, 0.1) is 24.5 Å². The molecule has 2 atom stereocenters. The Hall–Kier alpha value is -5.17. The molecule has 1 aliphatic rings. The zero-order valence-electron chi connectivity index (χ0n) is 26.4. The van der Waals surface area contributed by atoms with Crippen molar-refractivity contribution in [3.8, 4) is 16.9 Å². The Morgan fingerprint density at radius 1 is 1.06 bits per heavy atom. The Morgan fingerprint density at radius 3 is 2.74 bits per heavy atom. The number of nitrogens with zero attached hydrogens (tertiary/aromatic N) is 10. The van der Waals surface area contributed by atoms with Crippen molar-refractivity contribution >= 4 is 34.2 Å². The van der Waals surface area contributed by atoms with Gasteiger partial charge in [0.15, 0.2) is 11.5 Å². The average molecular weight is 637 g/mol. The summed E-state index contributed by atoms with van der Waals surface area (Å²) in [4.78, 5) is 39.7. The van der Waals surface area contributed by atoms with Gasteiger partial charge in [0.1, 0.15) is 41.6 Å². The first kappa shape index (κ1) is 30.5. The molecule has 47 heavy (non-hydrogen) atoms. The Kier molecular flexibility index (Phi) is 8.14. The van der Waals surface area contributed by atoms with Crippen LogP contribution in [0.25, 0.3) is 39.0 Å². The molecule has 0 spiro atoms. The molecular formula is C34H34F2N10O. The number of aryl methyl sites for hydroxylation is 2. The molecule has 7 rings (SSSR count). The molecule has 240 valence electrons. The number of carbonyl (C=O) groups excluding carboxylic acids is 1. The number of benzene rings is 2. The first-order chi connectivity index (χ1) is 22.8. The van der Waals surface area contributed by atoms with Gasteiger partial charge in [0.25, 0.3) is 0 Å². The third kappa shape index (κ3) is 5.82. The van der Waals surface area contributed by atoms with Crippen molar-refractivity contribution < 1.29 is 13.6 Å². The van der Waals surface area contributed by atoms with Crippen LogP contribution in [0.1, 0.15) is 24.5 Å². The predicted molar refractivity (Wildman–Crippen MR) is 174 cm³/mol. The summed E-state index contributed by atoms with van der Waals surface area (Å²) in [5, 5.41) is 4.89. The van der Waals surface area contributed by atoms with Crippen LogP contribution >= 0.6 is 0 Å². The second-order valence-corrected chi connectivity index (χ2v) is 12.2. The van der Waals surface area contributed by atoms with E-state index in [4.69, 9.17) is 9.97 Å². The molecule has 0 saturated carbocycles. The lowest BCUT2D eigenvalue weighted by Gasteiger charge is -2.22. The Bertz CT molecular complexity index is 2090. The maximum Gasteiger partial charge on any atom is 0.168 e.